The first kappa shape index (κ1) is 14.5. The van der Waals surface area contributed by atoms with Crippen LogP contribution in [0.15, 0.2) is 16.6 Å². The van der Waals surface area contributed by atoms with Gasteiger partial charge in [-0.25, -0.2) is 0 Å². The van der Waals surface area contributed by atoms with Gasteiger partial charge in [-0.3, -0.25) is 4.79 Å². The van der Waals surface area contributed by atoms with Crippen molar-refractivity contribution in [3.05, 3.63) is 27.7 Å². The first-order valence-electron chi connectivity index (χ1n) is 6.79. The average Bonchev–Trinajstić information content (AvgIpc) is 2.84. The Balaban J connectivity index is 2.01. The Morgan fingerprint density at radius 1 is 1.53 bits per heavy atom. The summed E-state index contributed by atoms with van der Waals surface area (Å²) < 4.78 is 6.66. The van der Waals surface area contributed by atoms with E-state index in [0.717, 1.165) is 35.2 Å². The molecule has 0 aromatic heterocycles. The fraction of sp³-hybridized carbons (Fsp3) is 0.533. The Labute approximate surface area is 122 Å². The number of halogens is 1. The summed E-state index contributed by atoms with van der Waals surface area (Å²) in [5, 5.41) is 3.23. The molecule has 1 aromatic carbocycles. The molecule has 1 heterocycles. The van der Waals surface area contributed by atoms with Gasteiger partial charge in [-0.1, -0.05) is 22.9 Å². The largest absolute Gasteiger partial charge is 0.493 e. The maximum atomic E-state index is 12.0. The van der Waals surface area contributed by atoms with Crippen molar-refractivity contribution in [3.8, 4) is 5.75 Å². The predicted octanol–water partition coefficient (Wildman–Crippen LogP) is 2.88. The van der Waals surface area contributed by atoms with Crippen LogP contribution in [0.1, 0.15) is 31.4 Å². The second kappa shape index (κ2) is 6.53. The van der Waals surface area contributed by atoms with Crippen LogP contribution in [0.4, 0.5) is 0 Å². The third kappa shape index (κ3) is 3.80. The van der Waals surface area contributed by atoms with Gasteiger partial charge in [0, 0.05) is 28.9 Å². The molecule has 1 N–H and O–H groups in total. The highest BCUT2D eigenvalue weighted by molar-refractivity contribution is 9.10. The highest BCUT2D eigenvalue weighted by atomic mass is 79.9. The summed E-state index contributed by atoms with van der Waals surface area (Å²) in [6.45, 7) is 5.35. The minimum atomic E-state index is 0.205. The number of nitrogens with one attached hydrogen (secondary N) is 1. The summed E-state index contributed by atoms with van der Waals surface area (Å²) in [5.74, 6) is 1.12. The molecule has 0 bridgehead atoms. The van der Waals surface area contributed by atoms with Crippen LogP contribution < -0.4 is 10.1 Å². The molecule has 0 fully saturated rings. The van der Waals surface area contributed by atoms with Gasteiger partial charge in [0.1, 0.15) is 5.75 Å². The van der Waals surface area contributed by atoms with Crippen LogP contribution in [0.5, 0.6) is 5.75 Å². The van der Waals surface area contributed by atoms with Crippen LogP contribution in [-0.2, 0) is 17.6 Å². The van der Waals surface area contributed by atoms with Crippen LogP contribution in [0.3, 0.4) is 0 Å². The number of ether oxygens (including phenoxy) is 1. The quantitative estimate of drug-likeness (QED) is 0.874. The van der Waals surface area contributed by atoms with Crippen molar-refractivity contribution in [2.24, 2.45) is 0 Å². The third-order valence-corrected chi connectivity index (χ3v) is 3.93. The van der Waals surface area contributed by atoms with Gasteiger partial charge in [-0.2, -0.15) is 0 Å². The van der Waals surface area contributed by atoms with Gasteiger partial charge in [0.15, 0.2) is 5.78 Å². The number of benzene rings is 1. The molecular weight excluding hydrogens is 306 g/mol. The fourth-order valence-electron chi connectivity index (χ4n) is 2.18. The second-order valence-corrected chi connectivity index (χ2v) is 5.97. The number of carbonyl (C=O) groups excluding carboxylic acids is 1. The van der Waals surface area contributed by atoms with Gasteiger partial charge in [-0.05, 0) is 31.0 Å². The van der Waals surface area contributed by atoms with Crippen molar-refractivity contribution in [1.29, 1.82) is 0 Å². The Kier molecular flexibility index (Phi) is 4.99. The van der Waals surface area contributed by atoms with Gasteiger partial charge in [0.25, 0.3) is 0 Å². The van der Waals surface area contributed by atoms with Crippen molar-refractivity contribution < 1.29 is 9.53 Å². The zero-order valence-corrected chi connectivity index (χ0v) is 13.0. The molecule has 0 amide bonds. The van der Waals surface area contributed by atoms with E-state index in [1.807, 2.05) is 6.07 Å². The van der Waals surface area contributed by atoms with E-state index in [1.54, 1.807) is 0 Å². The predicted molar refractivity (Wildman–Crippen MR) is 79.8 cm³/mol. The van der Waals surface area contributed by atoms with Gasteiger partial charge >= 0.3 is 0 Å². The van der Waals surface area contributed by atoms with E-state index < -0.39 is 0 Å². The molecule has 104 valence electrons. The molecule has 3 nitrogen and oxygen atoms in total. The molecule has 4 heteroatoms. The molecule has 19 heavy (non-hydrogen) atoms. The van der Waals surface area contributed by atoms with Crippen molar-refractivity contribution in [3.63, 3.8) is 0 Å². The zero-order chi connectivity index (χ0) is 13.8. The lowest BCUT2D eigenvalue weighted by Crippen LogP contribution is -2.31. The average molecular weight is 326 g/mol. The molecule has 1 unspecified atom stereocenters. The molecule has 0 saturated carbocycles. The molecule has 0 radical (unpaired) electrons. The molecular formula is C15H20BrNO2. The number of carbonyl (C=O) groups is 1. The summed E-state index contributed by atoms with van der Waals surface area (Å²) in [5.41, 5.74) is 2.20. The topological polar surface area (TPSA) is 38.3 Å². The summed E-state index contributed by atoms with van der Waals surface area (Å²) in [7, 11) is 0. The van der Waals surface area contributed by atoms with Gasteiger partial charge < -0.3 is 10.1 Å². The molecule has 0 aliphatic carbocycles. The van der Waals surface area contributed by atoms with Crippen molar-refractivity contribution in [2.75, 3.05) is 13.2 Å². The SMILES string of the molecule is CCC(C)NCC(=O)Cc1cc(Br)cc2c1OCC2. The second-order valence-electron chi connectivity index (χ2n) is 5.06. The van der Waals surface area contributed by atoms with Crippen LogP contribution in [0.2, 0.25) is 0 Å². The maximum Gasteiger partial charge on any atom is 0.151 e. The highest BCUT2D eigenvalue weighted by Gasteiger charge is 2.19. The first-order chi connectivity index (χ1) is 9.10. The first-order valence-corrected chi connectivity index (χ1v) is 7.58. The Morgan fingerprint density at radius 2 is 2.32 bits per heavy atom. The van der Waals surface area contributed by atoms with E-state index >= 15 is 0 Å². The molecule has 1 aliphatic rings. The van der Waals surface area contributed by atoms with Crippen molar-refractivity contribution >= 4 is 21.7 Å². The Hall–Kier alpha value is -0.870. The van der Waals surface area contributed by atoms with Crippen LogP contribution >= 0.6 is 15.9 Å². The smallest absolute Gasteiger partial charge is 0.151 e. The number of Topliss-reactive ketones (excluding diaryl/α,β-unsaturated/α-hetero) is 1. The maximum absolute atomic E-state index is 12.0. The lowest BCUT2D eigenvalue weighted by molar-refractivity contribution is -0.117. The standard InChI is InChI=1S/C15H20BrNO2/c1-3-10(2)17-9-14(18)8-12-7-13(16)6-11-4-5-19-15(11)12/h6-7,10,17H,3-5,8-9H2,1-2H3. The zero-order valence-electron chi connectivity index (χ0n) is 11.5. The molecule has 0 spiro atoms. The number of hydrogen-bond donors (Lipinski definition) is 1. The summed E-state index contributed by atoms with van der Waals surface area (Å²) in [6, 6.07) is 4.45. The van der Waals surface area contributed by atoms with Crippen LogP contribution in [0, 0.1) is 0 Å². The fourth-order valence-corrected chi connectivity index (χ4v) is 2.74. The van der Waals surface area contributed by atoms with Gasteiger partial charge in [0.2, 0.25) is 0 Å². The van der Waals surface area contributed by atoms with Crippen LogP contribution in [-0.4, -0.2) is 25.0 Å². The minimum Gasteiger partial charge on any atom is -0.493 e. The summed E-state index contributed by atoms with van der Waals surface area (Å²) in [4.78, 5) is 12.0. The normalized spacial score (nSPS) is 14.9. The van der Waals surface area contributed by atoms with Gasteiger partial charge in [0.05, 0.1) is 13.2 Å². The number of fused-ring (bicyclic) bond motifs is 1. The number of hydrogen-bond acceptors (Lipinski definition) is 3. The highest BCUT2D eigenvalue weighted by Crippen LogP contribution is 2.33. The summed E-state index contributed by atoms with van der Waals surface area (Å²) >= 11 is 3.50. The number of rotatable bonds is 6. The number of ketones is 1. The van der Waals surface area contributed by atoms with Gasteiger partial charge in [-0.15, -0.1) is 0 Å². The molecule has 0 saturated heterocycles. The third-order valence-electron chi connectivity index (χ3n) is 3.47. The molecule has 1 atom stereocenters. The molecule has 1 aromatic rings. The Bertz CT molecular complexity index is 473. The lowest BCUT2D eigenvalue weighted by Gasteiger charge is -2.12. The molecule has 2 rings (SSSR count). The summed E-state index contributed by atoms with van der Waals surface area (Å²) in [6.07, 6.45) is 2.40. The van der Waals surface area contributed by atoms with Crippen molar-refractivity contribution in [2.45, 2.75) is 39.2 Å². The van der Waals surface area contributed by atoms with E-state index in [-0.39, 0.29) is 5.78 Å². The van der Waals surface area contributed by atoms with E-state index in [1.165, 1.54) is 5.56 Å². The van der Waals surface area contributed by atoms with Crippen molar-refractivity contribution in [1.82, 2.24) is 5.32 Å². The van der Waals surface area contributed by atoms with E-state index in [2.05, 4.69) is 41.2 Å². The lowest BCUT2D eigenvalue weighted by atomic mass is 10.0. The minimum absolute atomic E-state index is 0.205. The van der Waals surface area contributed by atoms with Crippen LogP contribution in [0.25, 0.3) is 0 Å². The van der Waals surface area contributed by atoms with E-state index in [0.29, 0.717) is 19.0 Å². The molecule has 1 aliphatic heterocycles. The Morgan fingerprint density at radius 3 is 3.05 bits per heavy atom. The monoisotopic (exact) mass is 325 g/mol. The van der Waals surface area contributed by atoms with E-state index in [4.69, 9.17) is 4.74 Å². The van der Waals surface area contributed by atoms with E-state index in [9.17, 15) is 4.79 Å².